The Kier molecular flexibility index (Phi) is 5.95. The number of amides is 2. The Morgan fingerprint density at radius 2 is 1.80 bits per heavy atom. The van der Waals surface area contributed by atoms with Gasteiger partial charge in [0.2, 0.25) is 5.91 Å². The number of rotatable bonds is 5. The van der Waals surface area contributed by atoms with Crippen LogP contribution >= 0.6 is 0 Å². The van der Waals surface area contributed by atoms with E-state index in [1.165, 1.54) is 19.3 Å². The molecule has 1 aromatic rings. The molecule has 5 nitrogen and oxygen atoms in total. The Bertz CT molecular complexity index is 617. The highest BCUT2D eigenvalue weighted by atomic mass is 16.2. The molecule has 0 aromatic heterocycles. The number of carbonyl (C=O) groups is 2. The van der Waals surface area contributed by atoms with Crippen LogP contribution in [0.5, 0.6) is 0 Å². The summed E-state index contributed by atoms with van der Waals surface area (Å²) in [5.74, 6) is -0.0473. The van der Waals surface area contributed by atoms with Crippen LogP contribution in [0.2, 0.25) is 0 Å². The minimum atomic E-state index is -0.0347. The molecule has 3 rings (SSSR count). The third-order valence-electron chi connectivity index (χ3n) is 5.23. The van der Waals surface area contributed by atoms with E-state index < -0.39 is 0 Å². The van der Waals surface area contributed by atoms with Crippen molar-refractivity contribution >= 4 is 23.2 Å². The van der Waals surface area contributed by atoms with Gasteiger partial charge in [0.25, 0.3) is 5.91 Å². The van der Waals surface area contributed by atoms with Gasteiger partial charge in [0.15, 0.2) is 0 Å². The largest absolute Gasteiger partial charge is 0.371 e. The second-order valence-electron chi connectivity index (χ2n) is 7.14. The van der Waals surface area contributed by atoms with Gasteiger partial charge in [-0.1, -0.05) is 26.2 Å². The molecule has 1 aliphatic carbocycles. The molecule has 2 N–H and O–H groups in total. The molecule has 1 aromatic carbocycles. The van der Waals surface area contributed by atoms with Gasteiger partial charge in [-0.15, -0.1) is 0 Å². The number of nitrogens with zero attached hydrogens (tertiary/aromatic N) is 1. The fourth-order valence-corrected chi connectivity index (χ4v) is 3.79. The summed E-state index contributed by atoms with van der Waals surface area (Å²) >= 11 is 0. The average Bonchev–Trinajstić information content (AvgIpc) is 3.17. The van der Waals surface area contributed by atoms with Crippen LogP contribution in [-0.2, 0) is 4.79 Å². The number of anilines is 2. The van der Waals surface area contributed by atoms with E-state index in [1.807, 2.05) is 25.1 Å². The Hall–Kier alpha value is -2.04. The average molecular weight is 343 g/mol. The van der Waals surface area contributed by atoms with Crippen LogP contribution in [0.15, 0.2) is 18.2 Å². The molecule has 0 atom stereocenters. The van der Waals surface area contributed by atoms with Crippen LogP contribution in [0.4, 0.5) is 11.4 Å². The molecule has 1 saturated carbocycles. The number of hydrogen-bond acceptors (Lipinski definition) is 3. The van der Waals surface area contributed by atoms with Crippen molar-refractivity contribution in [2.24, 2.45) is 0 Å². The molecular weight excluding hydrogens is 314 g/mol. The lowest BCUT2D eigenvalue weighted by Gasteiger charge is -2.25. The molecule has 0 bridgehead atoms. The summed E-state index contributed by atoms with van der Waals surface area (Å²) < 4.78 is 0. The molecule has 0 radical (unpaired) electrons. The van der Waals surface area contributed by atoms with Crippen molar-refractivity contribution in [2.45, 2.75) is 64.3 Å². The molecule has 136 valence electrons. The highest BCUT2D eigenvalue weighted by molar-refractivity contribution is 6.02. The molecule has 0 spiro atoms. The minimum absolute atomic E-state index is 0.0126. The Morgan fingerprint density at radius 1 is 1.08 bits per heavy atom. The fourth-order valence-electron chi connectivity index (χ4n) is 3.79. The van der Waals surface area contributed by atoms with E-state index in [2.05, 4.69) is 15.5 Å². The van der Waals surface area contributed by atoms with E-state index in [9.17, 15) is 9.59 Å². The van der Waals surface area contributed by atoms with Crippen molar-refractivity contribution in [1.29, 1.82) is 0 Å². The third-order valence-corrected chi connectivity index (χ3v) is 5.23. The first-order valence-corrected chi connectivity index (χ1v) is 9.67. The van der Waals surface area contributed by atoms with E-state index in [0.717, 1.165) is 44.5 Å². The molecule has 1 heterocycles. The molecule has 5 heteroatoms. The molecular formula is C20H29N3O2. The normalized spacial score (nSPS) is 18.2. The molecule has 1 saturated heterocycles. The first kappa shape index (κ1) is 17.8. The maximum absolute atomic E-state index is 12.9. The van der Waals surface area contributed by atoms with Gasteiger partial charge in [0, 0.05) is 36.9 Å². The highest BCUT2D eigenvalue weighted by Crippen LogP contribution is 2.28. The second kappa shape index (κ2) is 8.37. The summed E-state index contributed by atoms with van der Waals surface area (Å²) in [6.07, 6.45) is 8.54. The summed E-state index contributed by atoms with van der Waals surface area (Å²) in [6.45, 7) is 3.80. The quantitative estimate of drug-likeness (QED) is 0.857. The lowest BCUT2D eigenvalue weighted by molar-refractivity contribution is -0.115. The van der Waals surface area contributed by atoms with Crippen molar-refractivity contribution in [3.8, 4) is 0 Å². The molecule has 2 aliphatic rings. The predicted molar refractivity (Wildman–Crippen MR) is 101 cm³/mol. The molecule has 0 unspecified atom stereocenters. The number of hydrogen-bond donors (Lipinski definition) is 2. The third kappa shape index (κ3) is 4.53. The fraction of sp³-hybridized carbons (Fsp3) is 0.600. The maximum Gasteiger partial charge on any atom is 0.253 e. The first-order chi connectivity index (χ1) is 12.2. The van der Waals surface area contributed by atoms with Gasteiger partial charge in [0.1, 0.15) is 0 Å². The monoisotopic (exact) mass is 343 g/mol. The molecule has 2 fully saturated rings. The van der Waals surface area contributed by atoms with E-state index in [-0.39, 0.29) is 17.9 Å². The lowest BCUT2D eigenvalue weighted by Crippen LogP contribution is -2.37. The van der Waals surface area contributed by atoms with Crippen LogP contribution in [0.3, 0.4) is 0 Å². The van der Waals surface area contributed by atoms with Crippen molar-refractivity contribution in [3.63, 3.8) is 0 Å². The van der Waals surface area contributed by atoms with Crippen molar-refractivity contribution in [2.75, 3.05) is 23.3 Å². The van der Waals surface area contributed by atoms with Gasteiger partial charge in [-0.3, -0.25) is 9.59 Å². The van der Waals surface area contributed by atoms with Gasteiger partial charge in [0.05, 0.1) is 5.56 Å². The van der Waals surface area contributed by atoms with Gasteiger partial charge in [-0.05, 0) is 43.9 Å². The van der Waals surface area contributed by atoms with Crippen LogP contribution in [0.25, 0.3) is 0 Å². The highest BCUT2D eigenvalue weighted by Gasteiger charge is 2.23. The van der Waals surface area contributed by atoms with Gasteiger partial charge >= 0.3 is 0 Å². The zero-order chi connectivity index (χ0) is 17.6. The summed E-state index contributed by atoms with van der Waals surface area (Å²) in [4.78, 5) is 26.9. The molecule has 2 amide bonds. The minimum Gasteiger partial charge on any atom is -0.371 e. The first-order valence-electron chi connectivity index (χ1n) is 9.67. The van der Waals surface area contributed by atoms with Crippen LogP contribution in [0, 0.1) is 0 Å². The zero-order valence-electron chi connectivity index (χ0n) is 15.1. The maximum atomic E-state index is 12.9. The second-order valence-corrected chi connectivity index (χ2v) is 7.14. The smallest absolute Gasteiger partial charge is 0.253 e. The number of carbonyl (C=O) groups excluding carboxylic acids is 2. The molecule has 25 heavy (non-hydrogen) atoms. The standard InChI is InChI=1S/C20H29N3O2/c1-2-19(24)21-16-10-11-18(23-12-6-7-13-23)17(14-16)20(25)22-15-8-4-3-5-9-15/h10-11,14-15H,2-9,12-13H2,1H3,(H,21,24)(H,22,25). The lowest BCUT2D eigenvalue weighted by atomic mass is 9.95. The van der Waals surface area contributed by atoms with Crippen LogP contribution in [-0.4, -0.2) is 30.9 Å². The van der Waals surface area contributed by atoms with E-state index in [0.29, 0.717) is 17.7 Å². The van der Waals surface area contributed by atoms with Crippen molar-refractivity contribution < 1.29 is 9.59 Å². The predicted octanol–water partition coefficient (Wildman–Crippen LogP) is 3.70. The van der Waals surface area contributed by atoms with Gasteiger partial charge < -0.3 is 15.5 Å². The van der Waals surface area contributed by atoms with Gasteiger partial charge in [-0.25, -0.2) is 0 Å². The van der Waals surface area contributed by atoms with E-state index in [4.69, 9.17) is 0 Å². The summed E-state index contributed by atoms with van der Waals surface area (Å²) in [5, 5.41) is 6.09. The Morgan fingerprint density at radius 3 is 2.48 bits per heavy atom. The SMILES string of the molecule is CCC(=O)Nc1ccc(N2CCCC2)c(C(=O)NC2CCCCC2)c1. The topological polar surface area (TPSA) is 61.4 Å². The Balaban J connectivity index is 1.82. The van der Waals surface area contributed by atoms with Crippen LogP contribution < -0.4 is 15.5 Å². The summed E-state index contributed by atoms with van der Waals surface area (Å²) in [6, 6.07) is 5.99. The van der Waals surface area contributed by atoms with E-state index in [1.54, 1.807) is 0 Å². The van der Waals surface area contributed by atoms with Crippen molar-refractivity contribution in [1.82, 2.24) is 5.32 Å². The Labute approximate surface area is 150 Å². The van der Waals surface area contributed by atoms with Crippen LogP contribution in [0.1, 0.15) is 68.6 Å². The molecule has 1 aliphatic heterocycles. The number of nitrogens with one attached hydrogen (secondary N) is 2. The summed E-state index contributed by atoms with van der Waals surface area (Å²) in [7, 11) is 0. The zero-order valence-corrected chi connectivity index (χ0v) is 15.1. The number of benzene rings is 1. The summed E-state index contributed by atoms with van der Waals surface area (Å²) in [5.41, 5.74) is 2.37. The van der Waals surface area contributed by atoms with Crippen molar-refractivity contribution in [3.05, 3.63) is 23.8 Å². The van der Waals surface area contributed by atoms with Gasteiger partial charge in [-0.2, -0.15) is 0 Å². The van der Waals surface area contributed by atoms with E-state index >= 15 is 0 Å².